The number of piperidine rings is 1. The number of rotatable bonds is 6. The number of anilines is 2. The van der Waals surface area contributed by atoms with Crippen molar-refractivity contribution >= 4 is 11.6 Å². The molecule has 0 radical (unpaired) electrons. The Labute approximate surface area is 127 Å². The van der Waals surface area contributed by atoms with E-state index in [1.165, 1.54) is 25.9 Å². The van der Waals surface area contributed by atoms with Crippen molar-refractivity contribution in [3.8, 4) is 0 Å². The van der Waals surface area contributed by atoms with Crippen LogP contribution >= 0.6 is 0 Å². The number of aryl methyl sites for hydroxylation is 1. The van der Waals surface area contributed by atoms with Crippen LogP contribution in [-0.4, -0.2) is 41.5 Å². The summed E-state index contributed by atoms with van der Waals surface area (Å²) in [6.07, 6.45) is 4.40. The number of hydrogen-bond donors (Lipinski definition) is 3. The van der Waals surface area contributed by atoms with Crippen molar-refractivity contribution in [2.45, 2.75) is 39.5 Å². The lowest BCUT2D eigenvalue weighted by molar-refractivity contribution is 0.226. The molecule has 6 heteroatoms. The predicted octanol–water partition coefficient (Wildman–Crippen LogP) is 1.78. The quantitative estimate of drug-likeness (QED) is 0.548. The van der Waals surface area contributed by atoms with Gasteiger partial charge in [0.05, 0.1) is 0 Å². The van der Waals surface area contributed by atoms with Gasteiger partial charge >= 0.3 is 0 Å². The zero-order valence-electron chi connectivity index (χ0n) is 13.4. The van der Waals surface area contributed by atoms with Crippen molar-refractivity contribution in [2.24, 2.45) is 11.8 Å². The van der Waals surface area contributed by atoms with Gasteiger partial charge in [0.2, 0.25) is 0 Å². The van der Waals surface area contributed by atoms with Gasteiger partial charge in [-0.2, -0.15) is 0 Å². The Morgan fingerprint density at radius 3 is 2.52 bits per heavy atom. The third-order valence-electron chi connectivity index (χ3n) is 4.20. The van der Waals surface area contributed by atoms with Gasteiger partial charge in [0, 0.05) is 18.5 Å². The first-order valence-electron chi connectivity index (χ1n) is 7.90. The fourth-order valence-corrected chi connectivity index (χ4v) is 2.72. The van der Waals surface area contributed by atoms with Gasteiger partial charge in [-0.3, -0.25) is 0 Å². The predicted molar refractivity (Wildman–Crippen MR) is 87.3 cm³/mol. The molecule has 118 valence electrons. The second-order valence-corrected chi connectivity index (χ2v) is 5.98. The maximum atomic E-state index is 5.57. The lowest BCUT2D eigenvalue weighted by Gasteiger charge is -2.29. The molecule has 1 saturated heterocycles. The summed E-state index contributed by atoms with van der Waals surface area (Å²) < 4.78 is 0. The Kier molecular flexibility index (Phi) is 5.76. The number of nitrogens with two attached hydrogens (primary N) is 1. The smallest absolute Gasteiger partial charge is 0.148 e. The lowest BCUT2D eigenvalue weighted by atomic mass is 9.97. The molecule has 1 aliphatic rings. The molecule has 0 saturated carbocycles. The van der Waals surface area contributed by atoms with Gasteiger partial charge < -0.3 is 15.6 Å². The average Bonchev–Trinajstić information content (AvgIpc) is 2.49. The van der Waals surface area contributed by atoms with E-state index in [2.05, 4.69) is 39.6 Å². The first-order valence-corrected chi connectivity index (χ1v) is 7.90. The topological polar surface area (TPSA) is 79.1 Å². The van der Waals surface area contributed by atoms with Crippen LogP contribution in [0.5, 0.6) is 0 Å². The van der Waals surface area contributed by atoms with Crippen LogP contribution in [0, 0.1) is 12.8 Å². The van der Waals surface area contributed by atoms with Gasteiger partial charge in [-0.1, -0.05) is 6.92 Å². The zero-order valence-corrected chi connectivity index (χ0v) is 13.4. The van der Waals surface area contributed by atoms with E-state index >= 15 is 0 Å². The van der Waals surface area contributed by atoms with Gasteiger partial charge in [0.15, 0.2) is 0 Å². The van der Waals surface area contributed by atoms with Gasteiger partial charge in [-0.25, -0.2) is 15.8 Å². The summed E-state index contributed by atoms with van der Waals surface area (Å²) in [4.78, 5) is 11.5. The van der Waals surface area contributed by atoms with Crippen LogP contribution in [0.2, 0.25) is 0 Å². The minimum Gasteiger partial charge on any atom is -0.369 e. The molecule has 1 fully saturated rings. The van der Waals surface area contributed by atoms with Gasteiger partial charge in [0.1, 0.15) is 17.5 Å². The summed E-state index contributed by atoms with van der Waals surface area (Å²) in [5.41, 5.74) is 3.67. The van der Waals surface area contributed by atoms with Crippen molar-refractivity contribution in [2.75, 3.05) is 37.4 Å². The Bertz CT molecular complexity index is 454. The lowest BCUT2D eigenvalue weighted by Crippen LogP contribution is -2.33. The summed E-state index contributed by atoms with van der Waals surface area (Å²) in [5.74, 6) is 8.77. The van der Waals surface area contributed by atoms with E-state index < -0.39 is 0 Å². The number of nitrogens with one attached hydrogen (secondary N) is 2. The first-order chi connectivity index (χ1) is 10.1. The largest absolute Gasteiger partial charge is 0.369 e. The molecule has 1 aromatic rings. The van der Waals surface area contributed by atoms with Gasteiger partial charge in [-0.05, 0) is 52.2 Å². The van der Waals surface area contributed by atoms with Crippen molar-refractivity contribution in [3.05, 3.63) is 11.4 Å². The second-order valence-electron chi connectivity index (χ2n) is 5.98. The number of hydrogen-bond acceptors (Lipinski definition) is 6. The molecule has 0 aromatic carbocycles. The van der Waals surface area contributed by atoms with Crippen LogP contribution in [0.4, 0.5) is 11.6 Å². The van der Waals surface area contributed by atoms with E-state index in [0.717, 1.165) is 48.3 Å². The summed E-state index contributed by atoms with van der Waals surface area (Å²) in [6, 6.07) is 0. The first kappa shape index (κ1) is 16.0. The van der Waals surface area contributed by atoms with E-state index in [0.29, 0.717) is 0 Å². The van der Waals surface area contributed by atoms with E-state index in [9.17, 15) is 0 Å². The Morgan fingerprint density at radius 1 is 1.24 bits per heavy atom. The average molecular weight is 292 g/mol. The molecule has 1 aliphatic heterocycles. The highest BCUT2D eigenvalue weighted by Crippen LogP contribution is 2.22. The molecular weight excluding hydrogens is 264 g/mol. The maximum absolute atomic E-state index is 5.57. The molecule has 0 amide bonds. The standard InChI is InChI=1S/C15H28N6/c1-4-5-13-18-14(11(2)15(19-13)20-16)17-10-12-6-8-21(3)9-7-12/h12H,4-10,16H2,1-3H3,(H2,17,18,19,20). The highest BCUT2D eigenvalue weighted by atomic mass is 15.3. The molecule has 0 spiro atoms. The van der Waals surface area contributed by atoms with Gasteiger partial charge in [-0.15, -0.1) is 0 Å². The van der Waals surface area contributed by atoms with Crippen LogP contribution in [0.3, 0.4) is 0 Å². The highest BCUT2D eigenvalue weighted by molar-refractivity contribution is 5.56. The SMILES string of the molecule is CCCc1nc(NN)c(C)c(NCC2CCN(C)CC2)n1. The molecule has 4 N–H and O–H groups in total. The number of nitrogen functional groups attached to an aromatic ring is 1. The maximum Gasteiger partial charge on any atom is 0.148 e. The number of aromatic nitrogens is 2. The summed E-state index contributed by atoms with van der Waals surface area (Å²) in [6.45, 7) is 7.48. The zero-order chi connectivity index (χ0) is 15.2. The third-order valence-corrected chi connectivity index (χ3v) is 4.20. The minimum atomic E-state index is 0.722. The van der Waals surface area contributed by atoms with Crippen LogP contribution in [0.15, 0.2) is 0 Å². The number of likely N-dealkylation sites (tertiary alicyclic amines) is 1. The Morgan fingerprint density at radius 2 is 1.90 bits per heavy atom. The third kappa shape index (κ3) is 4.28. The van der Waals surface area contributed by atoms with E-state index in [1.807, 2.05) is 6.92 Å². The van der Waals surface area contributed by atoms with Crippen molar-refractivity contribution in [3.63, 3.8) is 0 Å². The fourth-order valence-electron chi connectivity index (χ4n) is 2.72. The summed E-state index contributed by atoms with van der Waals surface area (Å²) in [7, 11) is 2.19. The summed E-state index contributed by atoms with van der Waals surface area (Å²) >= 11 is 0. The minimum absolute atomic E-state index is 0.722. The second kappa shape index (κ2) is 7.56. The molecule has 2 rings (SSSR count). The Hall–Kier alpha value is -1.40. The molecule has 2 heterocycles. The van der Waals surface area contributed by atoms with E-state index in [1.54, 1.807) is 0 Å². The molecular formula is C15H28N6. The summed E-state index contributed by atoms with van der Waals surface area (Å²) in [5, 5.41) is 3.51. The van der Waals surface area contributed by atoms with Crippen molar-refractivity contribution < 1.29 is 0 Å². The van der Waals surface area contributed by atoms with E-state index in [4.69, 9.17) is 5.84 Å². The van der Waals surface area contributed by atoms with Crippen LogP contribution < -0.4 is 16.6 Å². The van der Waals surface area contributed by atoms with Crippen molar-refractivity contribution in [1.82, 2.24) is 14.9 Å². The Balaban J connectivity index is 2.02. The molecule has 0 unspecified atom stereocenters. The van der Waals surface area contributed by atoms with Crippen LogP contribution in [0.25, 0.3) is 0 Å². The number of hydrazine groups is 1. The molecule has 0 atom stereocenters. The molecule has 0 aliphatic carbocycles. The van der Waals surface area contributed by atoms with Crippen LogP contribution in [0.1, 0.15) is 37.6 Å². The van der Waals surface area contributed by atoms with Crippen molar-refractivity contribution in [1.29, 1.82) is 0 Å². The molecule has 1 aromatic heterocycles. The highest BCUT2D eigenvalue weighted by Gasteiger charge is 2.17. The normalized spacial score (nSPS) is 17.0. The van der Waals surface area contributed by atoms with Crippen LogP contribution in [-0.2, 0) is 6.42 Å². The van der Waals surface area contributed by atoms with Gasteiger partial charge in [0.25, 0.3) is 0 Å². The number of nitrogens with zero attached hydrogens (tertiary/aromatic N) is 3. The molecule has 6 nitrogen and oxygen atoms in total. The molecule has 0 bridgehead atoms. The fraction of sp³-hybridized carbons (Fsp3) is 0.733. The molecule has 21 heavy (non-hydrogen) atoms. The van der Waals surface area contributed by atoms with E-state index in [-0.39, 0.29) is 0 Å². The monoisotopic (exact) mass is 292 g/mol.